The SMILES string of the molecule is C=CC(=O)O.CCCCCCCc1ccc(C=CC(=O)O)cc1.CCCCCCCc1ccc(I)cc1.II.I[I-]I. The molecule has 10 heteroatoms. The van der Waals surface area contributed by atoms with E-state index in [1.807, 2.05) is 12.1 Å². The zero-order valence-electron chi connectivity index (χ0n) is 24.5. The number of carboxylic acid groups (broad SMARTS) is 2. The number of halogens is 6. The van der Waals surface area contributed by atoms with Crippen LogP contribution in [0.1, 0.15) is 94.7 Å². The average Bonchev–Trinajstić information content (AvgIpc) is 2.99. The number of carbonyl (C=O) groups is 2. The topological polar surface area (TPSA) is 74.6 Å². The summed E-state index contributed by atoms with van der Waals surface area (Å²) < 4.78 is 1.33. The fourth-order valence-electron chi connectivity index (χ4n) is 3.48. The number of unbranched alkanes of at least 4 members (excludes halogenated alkanes) is 8. The molecule has 2 aromatic carbocycles. The summed E-state index contributed by atoms with van der Waals surface area (Å²) in [7, 11) is 0. The summed E-state index contributed by atoms with van der Waals surface area (Å²) in [6.07, 6.45) is 19.3. The van der Waals surface area contributed by atoms with Gasteiger partial charge in [-0.2, -0.15) is 0 Å². The standard InChI is InChI=1S/C16H22O2.C13H19I.C3H4O2.I3.I2/c1-2-3-4-5-6-7-14-8-10-15(11-9-14)12-13-16(17)18;1-2-3-4-5-6-7-12-8-10-13(14)11-9-12;1-2-3(4)5;1-3-2;1-2/h8-13H,2-7H2,1H3,(H,17,18);8-11H,2-7H2,1H3;2H,1H2,(H,4,5);;/q;;;-1;. The molecule has 0 aliphatic rings. The average molecular weight is 1260 g/mol. The van der Waals surface area contributed by atoms with Gasteiger partial charge in [0.25, 0.3) is 0 Å². The maximum absolute atomic E-state index is 10.4. The van der Waals surface area contributed by atoms with Crippen LogP contribution < -0.4 is 13.3 Å². The third kappa shape index (κ3) is 37.4. The van der Waals surface area contributed by atoms with E-state index < -0.39 is 11.9 Å². The minimum absolute atomic E-state index is 0.530. The summed E-state index contributed by atoms with van der Waals surface area (Å²) in [5, 5.41) is 16.1. The molecular formula is C32H45I6O4-. The van der Waals surface area contributed by atoms with Crippen LogP contribution in [0, 0.1) is 3.57 Å². The van der Waals surface area contributed by atoms with E-state index in [-0.39, 0.29) is 0 Å². The van der Waals surface area contributed by atoms with Crippen LogP contribution in [-0.4, -0.2) is 22.2 Å². The maximum atomic E-state index is 10.4. The van der Waals surface area contributed by atoms with Gasteiger partial charge in [0.05, 0.1) is 0 Å². The van der Waals surface area contributed by atoms with Crippen molar-refractivity contribution in [1.29, 1.82) is 0 Å². The van der Waals surface area contributed by atoms with Gasteiger partial charge >= 0.3 is 62.4 Å². The van der Waals surface area contributed by atoms with Crippen molar-refractivity contribution >= 4 is 115 Å². The van der Waals surface area contributed by atoms with E-state index >= 15 is 0 Å². The Morgan fingerprint density at radius 3 is 1.40 bits per heavy atom. The van der Waals surface area contributed by atoms with Crippen LogP contribution in [-0.2, 0) is 22.4 Å². The number of rotatable bonds is 15. The molecule has 4 nitrogen and oxygen atoms in total. The first-order chi connectivity index (χ1) is 20.2. The van der Waals surface area contributed by atoms with E-state index in [1.54, 1.807) is 6.08 Å². The number of benzene rings is 2. The molecule has 2 N–H and O–H groups in total. The molecule has 0 aromatic heterocycles. The second kappa shape index (κ2) is 38.4. The van der Waals surface area contributed by atoms with Crippen molar-refractivity contribution in [3.63, 3.8) is 0 Å². The predicted octanol–water partition coefficient (Wildman–Crippen LogP) is 9.91. The monoisotopic (exact) mass is 1250 g/mol. The summed E-state index contributed by atoms with van der Waals surface area (Å²) in [6, 6.07) is 17.0. The molecule has 0 spiro atoms. The first kappa shape index (κ1) is 47.6. The molecule has 240 valence electrons. The van der Waals surface area contributed by atoms with Crippen LogP contribution in [0.5, 0.6) is 0 Å². The zero-order valence-corrected chi connectivity index (χ0v) is 37.5. The normalized spacial score (nSPS) is 9.60. The molecule has 0 bridgehead atoms. The first-order valence-corrected chi connectivity index (χ1v) is 33.8. The molecule has 0 amide bonds. The van der Waals surface area contributed by atoms with Gasteiger partial charge in [0, 0.05) is 53.0 Å². The Kier molecular flexibility index (Phi) is 43.6. The predicted molar refractivity (Wildman–Crippen MR) is 221 cm³/mol. The fraction of sp³-hybridized carbons (Fsp3) is 0.438. The number of aryl methyl sites for hydroxylation is 2. The van der Waals surface area contributed by atoms with E-state index in [2.05, 4.69) is 154 Å². The Labute approximate surface area is 321 Å². The van der Waals surface area contributed by atoms with Gasteiger partial charge < -0.3 is 10.2 Å². The van der Waals surface area contributed by atoms with Gasteiger partial charge in [-0.25, -0.2) is 9.59 Å². The molecule has 0 atom stereocenters. The second-order valence-electron chi connectivity index (χ2n) is 8.96. The number of aliphatic carboxylic acids is 2. The summed E-state index contributed by atoms with van der Waals surface area (Å²) in [5.74, 6) is -1.89. The Bertz CT molecular complexity index is 920. The summed E-state index contributed by atoms with van der Waals surface area (Å²) in [6.45, 7) is 7.45. The van der Waals surface area contributed by atoms with Gasteiger partial charge in [0.15, 0.2) is 0 Å². The van der Waals surface area contributed by atoms with Crippen LogP contribution in [0.15, 0.2) is 67.3 Å². The van der Waals surface area contributed by atoms with Crippen molar-refractivity contribution in [2.24, 2.45) is 0 Å². The Hall–Kier alpha value is 1.24. The van der Waals surface area contributed by atoms with Crippen molar-refractivity contribution in [3.8, 4) is 0 Å². The molecule has 42 heavy (non-hydrogen) atoms. The van der Waals surface area contributed by atoms with Crippen molar-refractivity contribution < 1.29 is 33.1 Å². The zero-order chi connectivity index (χ0) is 32.4. The van der Waals surface area contributed by atoms with Gasteiger partial charge in [-0.3, -0.25) is 0 Å². The summed E-state index contributed by atoms with van der Waals surface area (Å²) >= 11 is 11.9. The fourth-order valence-corrected chi connectivity index (χ4v) is 3.84. The Balaban J connectivity index is -0.000000559. The van der Waals surface area contributed by atoms with Crippen LogP contribution in [0.25, 0.3) is 6.08 Å². The minimum atomic E-state index is -0.981. The number of hydrogen-bond acceptors (Lipinski definition) is 2. The molecular weight excluding hydrogens is 1210 g/mol. The quantitative estimate of drug-likeness (QED) is 0.106. The van der Waals surface area contributed by atoms with Crippen LogP contribution >= 0.6 is 97.1 Å². The van der Waals surface area contributed by atoms with Crippen molar-refractivity contribution in [2.75, 3.05) is 0 Å². The summed E-state index contributed by atoms with van der Waals surface area (Å²) in [4.78, 5) is 19.6. The Morgan fingerprint density at radius 2 is 1.07 bits per heavy atom. The molecule has 0 aliphatic heterocycles. The molecule has 0 heterocycles. The molecule has 0 aliphatic carbocycles. The molecule has 0 saturated carbocycles. The van der Waals surface area contributed by atoms with E-state index in [0.717, 1.165) is 18.1 Å². The van der Waals surface area contributed by atoms with Crippen molar-refractivity contribution in [3.05, 3.63) is 87.5 Å². The summed E-state index contributed by atoms with van der Waals surface area (Å²) in [5.41, 5.74) is 3.76. The molecule has 0 fully saturated rings. The van der Waals surface area contributed by atoms with Crippen LogP contribution in [0.2, 0.25) is 0 Å². The van der Waals surface area contributed by atoms with Gasteiger partial charge in [0.1, 0.15) is 0 Å². The van der Waals surface area contributed by atoms with E-state index in [0.29, 0.717) is 13.3 Å². The molecule has 2 rings (SSSR count). The Morgan fingerprint density at radius 1 is 0.714 bits per heavy atom. The van der Waals surface area contributed by atoms with Crippen LogP contribution in [0.4, 0.5) is 0 Å². The number of carboxylic acids is 2. The van der Waals surface area contributed by atoms with Crippen molar-refractivity contribution in [1.82, 2.24) is 0 Å². The van der Waals surface area contributed by atoms with Gasteiger partial charge in [-0.15, -0.1) is 0 Å². The molecule has 0 unspecified atom stereocenters. The van der Waals surface area contributed by atoms with Gasteiger partial charge in [-0.1, -0.05) is 108 Å². The second-order valence-corrected chi connectivity index (χ2v) is 26.5. The van der Waals surface area contributed by atoms with Crippen molar-refractivity contribution in [2.45, 2.75) is 90.9 Å². The van der Waals surface area contributed by atoms with E-state index in [9.17, 15) is 9.59 Å². The first-order valence-electron chi connectivity index (χ1n) is 13.8. The third-order valence-electron chi connectivity index (χ3n) is 5.62. The van der Waals surface area contributed by atoms with Gasteiger partial charge in [-0.05, 0) is 83.2 Å². The molecule has 0 radical (unpaired) electrons. The number of hydrogen-bond donors (Lipinski definition) is 2. The van der Waals surface area contributed by atoms with Gasteiger partial charge in [0.2, 0.25) is 0 Å². The van der Waals surface area contributed by atoms with Crippen LogP contribution in [0.3, 0.4) is 0 Å². The molecule has 2 aromatic rings. The van der Waals surface area contributed by atoms with E-state index in [4.69, 9.17) is 10.2 Å². The third-order valence-corrected chi connectivity index (χ3v) is 6.34. The molecule has 0 saturated heterocycles. The van der Waals surface area contributed by atoms with E-state index in [1.165, 1.54) is 91.4 Å².